The van der Waals surface area contributed by atoms with Gasteiger partial charge in [-0.3, -0.25) is 5.32 Å². The van der Waals surface area contributed by atoms with Crippen molar-refractivity contribution in [3.05, 3.63) is 11.6 Å². The third-order valence-corrected chi connectivity index (χ3v) is 19.6. The van der Waals surface area contributed by atoms with Gasteiger partial charge in [-0.15, -0.1) is 0 Å². The molecule has 10 aliphatic rings. The van der Waals surface area contributed by atoms with Gasteiger partial charge in [0, 0.05) is 12.5 Å². The quantitative estimate of drug-likeness (QED) is 0.127. The Kier molecular flexibility index (Phi) is 14.8. The van der Waals surface area contributed by atoms with E-state index in [2.05, 4.69) is 39.1 Å². The number of fused-ring (bicyclic) bond motifs is 7. The Morgan fingerprint density at radius 2 is 1.31 bits per heavy atom. The largest absolute Gasteiger partial charge is 0.394 e. The Labute approximate surface area is 409 Å². The van der Waals surface area contributed by atoms with Crippen molar-refractivity contribution in [2.45, 2.75) is 234 Å². The first-order valence-electron chi connectivity index (χ1n) is 26.2. The first kappa shape index (κ1) is 52.4. The zero-order valence-corrected chi connectivity index (χ0v) is 41.3. The van der Waals surface area contributed by atoms with Crippen LogP contribution in [0.3, 0.4) is 0 Å². The Bertz CT molecular complexity index is 1860. The molecule has 0 radical (unpaired) electrons. The molecule has 1 spiro atoms. The summed E-state index contributed by atoms with van der Waals surface area (Å²) < 4.78 is 55.9. The SMILES string of the molecule is CC1C2C(C[C@H]3[C@@H]4CC=C5C[C@@H](O[C@@H]6O[C@H](CO)[C@H](O[C@@H]7O[C@@H](C)[C@H](O)[C@@H](O)[C@H]7O[C@@H]7OC[C@@H](O)[C@H](O)[C@H]7O)[C@H](O)[C@H]6O[C@@H]6O[C@@H](C)[C@H](O)[C@@H](O)[C@H]6O)CC[C@]5(C)[C@H]4CC[C@]23C)OC12CC[C@H](C)CN2. The summed E-state index contributed by atoms with van der Waals surface area (Å²) in [6.07, 6.45) is -18.0. The van der Waals surface area contributed by atoms with Gasteiger partial charge in [0.15, 0.2) is 25.2 Å². The Morgan fingerprint density at radius 1 is 0.657 bits per heavy atom. The molecule has 10 rings (SSSR count). The number of hydrogen-bond acceptors (Lipinski definition) is 20. The molecule has 20 heteroatoms. The van der Waals surface area contributed by atoms with Gasteiger partial charge in [0.25, 0.3) is 0 Å². The lowest BCUT2D eigenvalue weighted by Crippen LogP contribution is -2.67. The highest BCUT2D eigenvalue weighted by Crippen LogP contribution is 2.70. The fourth-order valence-electron chi connectivity index (χ4n) is 15.3. The van der Waals surface area contributed by atoms with Crippen molar-refractivity contribution in [3.63, 3.8) is 0 Å². The molecule has 0 aromatic heterocycles. The Morgan fingerprint density at radius 3 is 2.03 bits per heavy atom. The predicted octanol–water partition coefficient (Wildman–Crippen LogP) is -0.722. The van der Waals surface area contributed by atoms with Gasteiger partial charge in [0.05, 0.1) is 37.6 Å². The van der Waals surface area contributed by atoms with Crippen LogP contribution in [0, 0.1) is 46.3 Å². The van der Waals surface area contributed by atoms with Crippen LogP contribution in [-0.4, -0.2) is 205 Å². The van der Waals surface area contributed by atoms with Crippen molar-refractivity contribution < 1.29 is 93.7 Å². The molecule has 11 N–H and O–H groups in total. The molecule has 3 saturated carbocycles. The molecule has 20 nitrogen and oxygen atoms in total. The number of allylic oxidation sites excluding steroid dienone is 1. The second-order valence-corrected chi connectivity index (χ2v) is 23.6. The number of aliphatic hydroxyl groups excluding tert-OH is 10. The number of piperidine rings is 1. The van der Waals surface area contributed by atoms with Gasteiger partial charge in [-0.2, -0.15) is 0 Å². The molecular weight excluding hydrogens is 919 g/mol. The van der Waals surface area contributed by atoms with Crippen molar-refractivity contribution in [2.75, 3.05) is 19.8 Å². The summed E-state index contributed by atoms with van der Waals surface area (Å²) in [6.45, 7) is 12.5. The molecule has 0 amide bonds. The van der Waals surface area contributed by atoms with Crippen LogP contribution in [0.4, 0.5) is 0 Å². The Hall–Kier alpha value is -1.06. The number of hydrogen-bond donors (Lipinski definition) is 11. The van der Waals surface area contributed by atoms with E-state index in [1.165, 1.54) is 32.3 Å². The minimum absolute atomic E-state index is 0.0520. The van der Waals surface area contributed by atoms with E-state index in [0.29, 0.717) is 48.3 Å². The molecule has 400 valence electrons. The third-order valence-electron chi connectivity index (χ3n) is 19.6. The van der Waals surface area contributed by atoms with Gasteiger partial charge in [-0.05, 0) is 112 Å². The minimum Gasteiger partial charge on any atom is -0.394 e. The van der Waals surface area contributed by atoms with Crippen LogP contribution in [0.5, 0.6) is 0 Å². The van der Waals surface area contributed by atoms with E-state index < -0.39 is 136 Å². The molecule has 30 atom stereocenters. The number of aliphatic hydroxyl groups is 10. The van der Waals surface area contributed by atoms with Crippen LogP contribution >= 0.6 is 0 Å². The van der Waals surface area contributed by atoms with Gasteiger partial charge >= 0.3 is 0 Å². The molecule has 6 heterocycles. The normalized spacial score (nSPS) is 58.0. The summed E-state index contributed by atoms with van der Waals surface area (Å²) in [5.74, 6) is 3.25. The lowest BCUT2D eigenvalue weighted by molar-refractivity contribution is -0.397. The molecule has 0 aromatic carbocycles. The lowest BCUT2D eigenvalue weighted by Gasteiger charge is -2.59. The van der Waals surface area contributed by atoms with Gasteiger partial charge in [-0.1, -0.05) is 39.3 Å². The number of rotatable bonds is 9. The fourth-order valence-corrected chi connectivity index (χ4v) is 15.3. The van der Waals surface area contributed by atoms with E-state index in [4.69, 9.17) is 42.6 Å². The van der Waals surface area contributed by atoms with Crippen LogP contribution in [0.25, 0.3) is 0 Å². The summed E-state index contributed by atoms with van der Waals surface area (Å²) >= 11 is 0. The zero-order chi connectivity index (χ0) is 49.9. The average Bonchev–Trinajstić information content (AvgIpc) is 3.78. The van der Waals surface area contributed by atoms with Gasteiger partial charge in [0.1, 0.15) is 85.1 Å². The van der Waals surface area contributed by atoms with E-state index in [1.807, 2.05) is 0 Å². The molecule has 6 aliphatic heterocycles. The van der Waals surface area contributed by atoms with Crippen LogP contribution in [0.15, 0.2) is 11.6 Å². The second-order valence-electron chi connectivity index (χ2n) is 23.6. The standard InChI is InChI=1S/C50H81NO19/c1-20-9-14-50(51-17-20)21(2)32-30(70-50)16-28-26-8-7-24-15-25(10-12-48(24,5)27(26)11-13-49(28,32)6)65-47-43(69-45-39(60)36(57)33(54)22(3)63-45)40(61)41(31(18-52)66-47)67-46-42(37(58)34(55)23(4)64-46)68-44-38(59)35(56)29(53)19-62-44/h7,20-23,25-47,51-61H,8-19H2,1-6H3/t20-,21?,22-,23-,25-,26+,27-,28-,29+,30?,31+,32?,33-,34-,35-,36+,37+,38+,39+,40-,41-,42+,43+,44-,45-,46-,47+,48-,49-,50?/m0/s1. The highest BCUT2D eigenvalue weighted by Gasteiger charge is 2.68. The summed E-state index contributed by atoms with van der Waals surface area (Å²) in [5.41, 5.74) is 1.27. The molecule has 9 fully saturated rings. The molecule has 0 bridgehead atoms. The lowest BCUT2D eigenvalue weighted by atomic mass is 9.47. The highest BCUT2D eigenvalue weighted by molar-refractivity contribution is 5.27. The van der Waals surface area contributed by atoms with E-state index in [9.17, 15) is 51.1 Å². The summed E-state index contributed by atoms with van der Waals surface area (Å²) in [4.78, 5) is 0. The summed E-state index contributed by atoms with van der Waals surface area (Å²) in [5, 5.41) is 112. The molecular formula is C50H81NO19. The topological polar surface area (TPSA) is 297 Å². The molecule has 4 unspecified atom stereocenters. The Balaban J connectivity index is 0.865. The van der Waals surface area contributed by atoms with Crippen molar-refractivity contribution in [2.24, 2.45) is 46.3 Å². The van der Waals surface area contributed by atoms with E-state index in [0.717, 1.165) is 38.6 Å². The first-order chi connectivity index (χ1) is 33.2. The maximum atomic E-state index is 12.3. The molecule has 0 aromatic rings. The third kappa shape index (κ3) is 8.79. The monoisotopic (exact) mass is 1000 g/mol. The maximum absolute atomic E-state index is 12.3. The molecule has 70 heavy (non-hydrogen) atoms. The minimum atomic E-state index is -1.78. The van der Waals surface area contributed by atoms with E-state index in [1.54, 1.807) is 0 Å². The number of nitrogens with one attached hydrogen (secondary N) is 1. The van der Waals surface area contributed by atoms with Crippen LogP contribution in [0.2, 0.25) is 0 Å². The van der Waals surface area contributed by atoms with Gasteiger partial charge < -0.3 is 93.7 Å². The van der Waals surface area contributed by atoms with Crippen molar-refractivity contribution >= 4 is 0 Å². The smallest absolute Gasteiger partial charge is 0.187 e. The first-order valence-corrected chi connectivity index (χ1v) is 26.2. The van der Waals surface area contributed by atoms with Crippen LogP contribution in [0.1, 0.15) is 99.3 Å². The fraction of sp³-hybridized carbons (Fsp3) is 0.960. The van der Waals surface area contributed by atoms with Crippen molar-refractivity contribution in [3.8, 4) is 0 Å². The van der Waals surface area contributed by atoms with Crippen LogP contribution in [-0.2, 0) is 42.6 Å². The summed E-state index contributed by atoms with van der Waals surface area (Å²) in [6, 6.07) is 0. The zero-order valence-electron chi connectivity index (χ0n) is 41.3. The van der Waals surface area contributed by atoms with E-state index >= 15 is 0 Å². The van der Waals surface area contributed by atoms with E-state index in [-0.39, 0.29) is 22.7 Å². The molecule has 6 saturated heterocycles. The highest BCUT2D eigenvalue weighted by atomic mass is 16.8. The van der Waals surface area contributed by atoms with Gasteiger partial charge in [0.2, 0.25) is 0 Å². The molecule has 4 aliphatic carbocycles. The van der Waals surface area contributed by atoms with Gasteiger partial charge in [-0.25, -0.2) is 0 Å². The average molecular weight is 1000 g/mol. The van der Waals surface area contributed by atoms with Crippen molar-refractivity contribution in [1.82, 2.24) is 5.32 Å². The summed E-state index contributed by atoms with van der Waals surface area (Å²) in [7, 11) is 0. The van der Waals surface area contributed by atoms with Crippen molar-refractivity contribution in [1.29, 1.82) is 0 Å². The number of ether oxygens (including phenoxy) is 9. The maximum Gasteiger partial charge on any atom is 0.187 e. The predicted molar refractivity (Wildman–Crippen MR) is 241 cm³/mol. The van der Waals surface area contributed by atoms with Crippen LogP contribution < -0.4 is 5.32 Å². The second kappa shape index (κ2) is 19.8.